The van der Waals surface area contributed by atoms with Crippen LogP contribution in [-0.2, 0) is 0 Å². The lowest BCUT2D eigenvalue weighted by Crippen LogP contribution is -2.50. The van der Waals surface area contributed by atoms with Crippen LogP contribution in [0.3, 0.4) is 0 Å². The van der Waals surface area contributed by atoms with Gasteiger partial charge in [0, 0.05) is 30.4 Å². The van der Waals surface area contributed by atoms with E-state index < -0.39 is 5.97 Å². The molecule has 1 aliphatic carbocycles. The quantitative estimate of drug-likeness (QED) is 0.475. The largest absolute Gasteiger partial charge is 0.478 e. The van der Waals surface area contributed by atoms with E-state index in [1.807, 2.05) is 28.8 Å². The summed E-state index contributed by atoms with van der Waals surface area (Å²) in [6.07, 6.45) is 16.6. The zero-order chi connectivity index (χ0) is 25.4. The lowest BCUT2D eigenvalue weighted by molar-refractivity contribution is 0.0498. The predicted octanol–water partition coefficient (Wildman–Crippen LogP) is 5.51. The topological polar surface area (TPSA) is 100 Å². The average molecular weight is 502 g/mol. The Balaban J connectivity index is 1.34. The first-order valence-electron chi connectivity index (χ1n) is 13.8. The first-order valence-corrected chi connectivity index (χ1v) is 13.8. The molecule has 2 N–H and O–H groups in total. The number of carboxylic acid groups (broad SMARTS) is 1. The van der Waals surface area contributed by atoms with Gasteiger partial charge >= 0.3 is 5.97 Å². The fourth-order valence-corrected chi connectivity index (χ4v) is 7.13. The molecule has 3 atom stereocenters. The molecule has 37 heavy (non-hydrogen) atoms. The van der Waals surface area contributed by atoms with E-state index in [0.29, 0.717) is 18.1 Å². The number of carboxylic acids is 1. The van der Waals surface area contributed by atoms with Crippen molar-refractivity contribution in [2.45, 2.75) is 94.8 Å². The fraction of sp³-hybridized carbons (Fsp3) is 0.517. The third-order valence-corrected chi connectivity index (χ3v) is 8.73. The molecule has 8 heteroatoms. The van der Waals surface area contributed by atoms with Gasteiger partial charge in [-0.25, -0.2) is 9.78 Å². The SMILES string of the molecule is O=C(O)c1ccncc1Nc1nc2ccccc2n([C@H]2C[C@H]3CC[C@@H](C2)N3C2CCCCCCC2)c1=O. The van der Waals surface area contributed by atoms with Gasteiger partial charge in [0.25, 0.3) is 5.56 Å². The number of aromatic nitrogens is 3. The number of hydrogen-bond acceptors (Lipinski definition) is 6. The molecule has 3 aromatic rings. The first-order chi connectivity index (χ1) is 18.1. The van der Waals surface area contributed by atoms with Gasteiger partial charge in [-0.3, -0.25) is 14.7 Å². The summed E-state index contributed by atoms with van der Waals surface area (Å²) in [5.74, 6) is -0.937. The molecular weight excluding hydrogens is 466 g/mol. The Bertz CT molecular complexity index is 1330. The molecule has 4 heterocycles. The number of carbonyl (C=O) groups is 1. The van der Waals surface area contributed by atoms with Crippen LogP contribution in [-0.4, -0.2) is 48.6 Å². The van der Waals surface area contributed by atoms with Gasteiger partial charge in [0.1, 0.15) is 0 Å². The molecule has 0 amide bonds. The molecule has 2 saturated heterocycles. The van der Waals surface area contributed by atoms with Crippen molar-refractivity contribution in [3.63, 3.8) is 0 Å². The maximum Gasteiger partial charge on any atom is 0.337 e. The Morgan fingerprint density at radius 1 is 0.892 bits per heavy atom. The number of nitrogens with zero attached hydrogens (tertiary/aromatic N) is 4. The Hall–Kier alpha value is -3.26. The van der Waals surface area contributed by atoms with Crippen molar-refractivity contribution in [3.05, 3.63) is 58.6 Å². The molecule has 0 radical (unpaired) electrons. The second-order valence-electron chi connectivity index (χ2n) is 10.9. The number of benzene rings is 1. The molecule has 3 fully saturated rings. The highest BCUT2D eigenvalue weighted by Gasteiger charge is 2.44. The van der Waals surface area contributed by atoms with E-state index in [0.717, 1.165) is 23.9 Å². The maximum absolute atomic E-state index is 13.9. The minimum absolute atomic E-state index is 0.0569. The molecule has 2 aromatic heterocycles. The number of pyridine rings is 1. The Morgan fingerprint density at radius 3 is 2.32 bits per heavy atom. The number of anilines is 2. The van der Waals surface area contributed by atoms with Gasteiger partial charge in [-0.05, 0) is 56.7 Å². The number of hydrogen-bond donors (Lipinski definition) is 2. The summed E-state index contributed by atoms with van der Waals surface area (Å²) in [6.45, 7) is 0. The Kier molecular flexibility index (Phi) is 6.67. The Morgan fingerprint density at radius 2 is 1.59 bits per heavy atom. The van der Waals surface area contributed by atoms with Crippen molar-refractivity contribution in [3.8, 4) is 0 Å². The fourth-order valence-electron chi connectivity index (χ4n) is 7.13. The summed E-state index contributed by atoms with van der Waals surface area (Å²) in [5, 5.41) is 12.6. The van der Waals surface area contributed by atoms with Crippen LogP contribution in [0, 0.1) is 0 Å². The van der Waals surface area contributed by atoms with Gasteiger partial charge < -0.3 is 15.0 Å². The molecule has 0 spiro atoms. The zero-order valence-corrected chi connectivity index (χ0v) is 21.2. The molecule has 1 saturated carbocycles. The van der Waals surface area contributed by atoms with Crippen molar-refractivity contribution in [1.82, 2.24) is 19.4 Å². The van der Waals surface area contributed by atoms with Crippen LogP contribution < -0.4 is 10.9 Å². The molecule has 0 unspecified atom stereocenters. The smallest absolute Gasteiger partial charge is 0.337 e. The summed E-state index contributed by atoms with van der Waals surface area (Å²) in [7, 11) is 0. The van der Waals surface area contributed by atoms with E-state index in [9.17, 15) is 14.7 Å². The predicted molar refractivity (Wildman–Crippen MR) is 144 cm³/mol. The van der Waals surface area contributed by atoms with Gasteiger partial charge in [-0.1, -0.05) is 44.2 Å². The third-order valence-electron chi connectivity index (χ3n) is 8.73. The highest BCUT2D eigenvalue weighted by atomic mass is 16.4. The van der Waals surface area contributed by atoms with Crippen LogP contribution in [0.25, 0.3) is 11.0 Å². The van der Waals surface area contributed by atoms with Gasteiger partial charge in [-0.15, -0.1) is 0 Å². The second kappa shape index (κ2) is 10.2. The first kappa shape index (κ1) is 24.1. The van der Waals surface area contributed by atoms with Gasteiger partial charge in [0.2, 0.25) is 0 Å². The van der Waals surface area contributed by atoms with Gasteiger partial charge in [0.05, 0.1) is 28.5 Å². The molecule has 6 rings (SSSR count). The van der Waals surface area contributed by atoms with E-state index in [2.05, 4.69) is 20.2 Å². The molecule has 2 aliphatic heterocycles. The van der Waals surface area contributed by atoms with Crippen molar-refractivity contribution >= 4 is 28.5 Å². The van der Waals surface area contributed by atoms with Crippen molar-refractivity contribution in [2.75, 3.05) is 5.32 Å². The summed E-state index contributed by atoms with van der Waals surface area (Å²) in [6, 6.07) is 11.0. The molecule has 1 aromatic carbocycles. The molecule has 194 valence electrons. The normalized spacial score (nSPS) is 25.0. The number of rotatable bonds is 5. The van der Waals surface area contributed by atoms with Crippen LogP contribution in [0.1, 0.15) is 87.0 Å². The van der Waals surface area contributed by atoms with E-state index in [1.165, 1.54) is 76.2 Å². The maximum atomic E-state index is 13.9. The van der Waals surface area contributed by atoms with Gasteiger partial charge in [-0.2, -0.15) is 0 Å². The Labute approximate surface area is 216 Å². The lowest BCUT2D eigenvalue weighted by Gasteiger charge is -2.45. The summed E-state index contributed by atoms with van der Waals surface area (Å²) >= 11 is 0. The van der Waals surface area contributed by atoms with E-state index >= 15 is 0 Å². The van der Waals surface area contributed by atoms with Crippen LogP contribution >= 0.6 is 0 Å². The summed E-state index contributed by atoms with van der Waals surface area (Å²) in [5.41, 5.74) is 1.68. The highest BCUT2D eigenvalue weighted by Crippen LogP contribution is 2.44. The molecule has 3 aliphatic rings. The second-order valence-corrected chi connectivity index (χ2v) is 10.9. The number of nitrogens with one attached hydrogen (secondary N) is 1. The van der Waals surface area contributed by atoms with Gasteiger partial charge in [0.15, 0.2) is 5.82 Å². The monoisotopic (exact) mass is 501 g/mol. The van der Waals surface area contributed by atoms with Crippen LogP contribution in [0.4, 0.5) is 11.5 Å². The molecular formula is C29H35N5O3. The number of piperidine rings is 1. The minimum atomic E-state index is -1.08. The number of fused-ring (bicyclic) bond motifs is 3. The summed E-state index contributed by atoms with van der Waals surface area (Å²) < 4.78 is 1.93. The molecule has 8 nitrogen and oxygen atoms in total. The van der Waals surface area contributed by atoms with Crippen molar-refractivity contribution in [2.24, 2.45) is 0 Å². The van der Waals surface area contributed by atoms with Crippen molar-refractivity contribution < 1.29 is 9.90 Å². The third kappa shape index (κ3) is 4.63. The average Bonchev–Trinajstić information content (AvgIpc) is 3.13. The number of aromatic carboxylic acids is 1. The van der Waals surface area contributed by atoms with Crippen LogP contribution in [0.15, 0.2) is 47.5 Å². The van der Waals surface area contributed by atoms with Crippen LogP contribution in [0.5, 0.6) is 0 Å². The van der Waals surface area contributed by atoms with E-state index in [4.69, 9.17) is 0 Å². The summed E-state index contributed by atoms with van der Waals surface area (Å²) in [4.78, 5) is 37.2. The lowest BCUT2D eigenvalue weighted by atomic mass is 9.89. The minimum Gasteiger partial charge on any atom is -0.478 e. The van der Waals surface area contributed by atoms with E-state index in [1.54, 1.807) is 0 Å². The zero-order valence-electron chi connectivity index (χ0n) is 21.2. The van der Waals surface area contributed by atoms with Crippen LogP contribution in [0.2, 0.25) is 0 Å². The van der Waals surface area contributed by atoms with Crippen molar-refractivity contribution in [1.29, 1.82) is 0 Å². The number of para-hydroxylation sites is 2. The van der Waals surface area contributed by atoms with E-state index in [-0.39, 0.29) is 28.7 Å². The standard InChI is InChI=1S/C29H35N5O3/c35-28-27(32-25-18-30-15-14-23(25)29(36)37)31-24-10-6-7-11-26(24)34(28)22-16-20-12-13-21(17-22)33(20)19-8-4-2-1-3-5-9-19/h6-7,10-11,14-15,18-22H,1-5,8-9,12-13,16-17H2,(H,31,32)(H,36,37)/t20-,21+,22+. The highest BCUT2D eigenvalue weighted by molar-refractivity contribution is 5.94. The molecule has 2 bridgehead atoms.